The minimum Gasteiger partial charge on any atom is -0.382 e. The Labute approximate surface area is 152 Å². The van der Waals surface area contributed by atoms with Crippen LogP contribution < -0.4 is 10.7 Å². The lowest BCUT2D eigenvalue weighted by Crippen LogP contribution is -2.33. The molecule has 1 unspecified atom stereocenters. The van der Waals surface area contributed by atoms with Crippen LogP contribution in [0.4, 0.5) is 0 Å². The van der Waals surface area contributed by atoms with Crippen molar-refractivity contribution in [2.24, 2.45) is 13.0 Å². The highest BCUT2D eigenvalue weighted by Gasteiger charge is 2.20. The molecule has 0 N–H and O–H groups in total. The maximum Gasteiger partial charge on any atom is 0.115 e. The van der Waals surface area contributed by atoms with Crippen LogP contribution in [0.15, 0.2) is 24.4 Å². The Morgan fingerprint density at radius 2 is 2.12 bits per heavy atom. The van der Waals surface area contributed by atoms with Gasteiger partial charge in [0.2, 0.25) is 0 Å². The van der Waals surface area contributed by atoms with Crippen molar-refractivity contribution in [1.82, 2.24) is 19.4 Å². The molecule has 0 radical (unpaired) electrons. The van der Waals surface area contributed by atoms with Gasteiger partial charge in [0, 0.05) is 52.6 Å². The summed E-state index contributed by atoms with van der Waals surface area (Å²) in [7, 11) is 6.22. The van der Waals surface area contributed by atoms with Gasteiger partial charge in [-0.25, -0.2) is 4.98 Å². The highest BCUT2D eigenvalue weighted by Crippen LogP contribution is 2.20. The van der Waals surface area contributed by atoms with E-state index in [9.17, 15) is 0 Å². The highest BCUT2D eigenvalue weighted by molar-refractivity contribution is 5.55. The lowest BCUT2D eigenvalue weighted by atomic mass is 10.1. The standard InChI is InChI=1S/C21H34N4/c1-8-10-18(9-2)21-19(15-23(5)6)22-20(24(21)7)13-17(4)25-12-11-16(3)14-25/h8,10,15-16H,4,9,11-14H2,1-3,5-7H3/b10-8-,19-15+,21-18-. The molecule has 1 saturated heterocycles. The molecule has 0 aromatic carbocycles. The molecular weight excluding hydrogens is 308 g/mol. The molecule has 0 spiro atoms. The highest BCUT2D eigenvalue weighted by atomic mass is 15.2. The summed E-state index contributed by atoms with van der Waals surface area (Å²) in [5.74, 6) is 1.85. The lowest BCUT2D eigenvalue weighted by Gasteiger charge is -2.20. The Morgan fingerprint density at radius 3 is 2.64 bits per heavy atom. The molecule has 0 aliphatic carbocycles. The first-order valence-electron chi connectivity index (χ1n) is 9.35. The molecule has 0 amide bonds. The quantitative estimate of drug-likeness (QED) is 0.792. The molecule has 1 aliphatic heterocycles. The molecule has 1 aromatic heterocycles. The maximum atomic E-state index is 4.95. The predicted molar refractivity (Wildman–Crippen MR) is 107 cm³/mol. The second-order valence-corrected chi connectivity index (χ2v) is 7.38. The second-order valence-electron chi connectivity index (χ2n) is 7.38. The van der Waals surface area contributed by atoms with E-state index in [0.29, 0.717) is 0 Å². The fraction of sp³-hybridized carbons (Fsp3) is 0.571. The van der Waals surface area contributed by atoms with Gasteiger partial charge < -0.3 is 14.4 Å². The van der Waals surface area contributed by atoms with Gasteiger partial charge in [-0.3, -0.25) is 0 Å². The topological polar surface area (TPSA) is 24.3 Å². The fourth-order valence-corrected chi connectivity index (χ4v) is 3.52. The van der Waals surface area contributed by atoms with Crippen LogP contribution in [0.5, 0.6) is 0 Å². The van der Waals surface area contributed by atoms with Crippen molar-refractivity contribution in [1.29, 1.82) is 0 Å². The van der Waals surface area contributed by atoms with Crippen LogP contribution in [-0.4, -0.2) is 46.5 Å². The van der Waals surface area contributed by atoms with E-state index < -0.39 is 0 Å². The van der Waals surface area contributed by atoms with Crippen molar-refractivity contribution in [2.45, 2.75) is 40.0 Å². The number of hydrogen-bond acceptors (Lipinski definition) is 3. The second kappa shape index (κ2) is 8.41. The van der Waals surface area contributed by atoms with Crippen LogP contribution >= 0.6 is 0 Å². The van der Waals surface area contributed by atoms with Gasteiger partial charge in [0.25, 0.3) is 0 Å². The molecule has 1 atom stereocenters. The Hall–Kier alpha value is -1.97. The minimum atomic E-state index is 0.765. The van der Waals surface area contributed by atoms with Crippen molar-refractivity contribution >= 4 is 11.8 Å². The van der Waals surface area contributed by atoms with Crippen LogP contribution in [0.25, 0.3) is 11.8 Å². The van der Waals surface area contributed by atoms with Gasteiger partial charge >= 0.3 is 0 Å². The first-order valence-corrected chi connectivity index (χ1v) is 9.35. The third-order valence-electron chi connectivity index (χ3n) is 4.88. The van der Waals surface area contributed by atoms with Crippen molar-refractivity contribution in [3.8, 4) is 0 Å². The number of rotatable bonds is 6. The molecule has 1 aliphatic rings. The van der Waals surface area contributed by atoms with E-state index in [1.165, 1.54) is 23.0 Å². The average molecular weight is 343 g/mol. The van der Waals surface area contributed by atoms with E-state index in [1.54, 1.807) is 0 Å². The van der Waals surface area contributed by atoms with Gasteiger partial charge in [0.1, 0.15) is 11.2 Å². The first-order chi connectivity index (χ1) is 11.9. The zero-order valence-corrected chi connectivity index (χ0v) is 16.8. The summed E-state index contributed by atoms with van der Waals surface area (Å²) in [4.78, 5) is 9.44. The van der Waals surface area contributed by atoms with Gasteiger partial charge in [0.15, 0.2) is 0 Å². The van der Waals surface area contributed by atoms with Crippen molar-refractivity contribution in [3.05, 3.63) is 41.0 Å². The number of aromatic nitrogens is 2. The number of allylic oxidation sites excluding steroid dienone is 3. The summed E-state index contributed by atoms with van der Waals surface area (Å²) >= 11 is 0. The van der Waals surface area contributed by atoms with Gasteiger partial charge in [-0.2, -0.15) is 0 Å². The largest absolute Gasteiger partial charge is 0.382 e. The third kappa shape index (κ3) is 4.56. The summed E-state index contributed by atoms with van der Waals surface area (Å²) in [6, 6.07) is 0. The zero-order chi connectivity index (χ0) is 18.6. The molecule has 0 saturated carbocycles. The van der Waals surface area contributed by atoms with Crippen molar-refractivity contribution < 1.29 is 0 Å². The number of hydrogen-bond donors (Lipinski definition) is 0. The molecule has 25 heavy (non-hydrogen) atoms. The van der Waals surface area contributed by atoms with E-state index in [-0.39, 0.29) is 0 Å². The van der Waals surface area contributed by atoms with Gasteiger partial charge in [-0.05, 0) is 31.3 Å². The van der Waals surface area contributed by atoms with Crippen LogP contribution in [0.1, 0.15) is 39.4 Å². The molecule has 1 fully saturated rings. The van der Waals surface area contributed by atoms with Crippen molar-refractivity contribution in [3.63, 3.8) is 0 Å². The molecule has 0 bridgehead atoms. The number of likely N-dealkylation sites (tertiary alicyclic amines) is 1. The summed E-state index contributed by atoms with van der Waals surface area (Å²) in [6.07, 6.45) is 9.48. The van der Waals surface area contributed by atoms with Gasteiger partial charge in [-0.15, -0.1) is 0 Å². The van der Waals surface area contributed by atoms with E-state index in [2.05, 4.69) is 67.1 Å². The molecule has 4 heteroatoms. The predicted octanol–water partition coefficient (Wildman–Crippen LogP) is 2.25. The summed E-state index contributed by atoms with van der Waals surface area (Å²) < 4.78 is 2.25. The van der Waals surface area contributed by atoms with Crippen LogP contribution in [0.2, 0.25) is 0 Å². The third-order valence-corrected chi connectivity index (χ3v) is 4.88. The molecule has 2 heterocycles. The minimum absolute atomic E-state index is 0.765. The normalized spacial score (nSPS) is 19.8. The van der Waals surface area contributed by atoms with Crippen molar-refractivity contribution in [2.75, 3.05) is 27.2 Å². The van der Waals surface area contributed by atoms with Gasteiger partial charge in [0.05, 0.1) is 5.35 Å². The Kier molecular flexibility index (Phi) is 6.51. The van der Waals surface area contributed by atoms with E-state index in [0.717, 1.165) is 43.0 Å². The van der Waals surface area contributed by atoms with Crippen LogP contribution in [0, 0.1) is 5.92 Å². The SMILES string of the molecule is C=C(Cc1nc(=C/N(C)C)/c(=C(/C=C\C)CC)n1C)N1CCC(C)C1. The molecule has 2 rings (SSSR count). The monoisotopic (exact) mass is 342 g/mol. The van der Waals surface area contributed by atoms with E-state index in [4.69, 9.17) is 4.98 Å². The average Bonchev–Trinajstić information content (AvgIpc) is 3.10. The smallest absolute Gasteiger partial charge is 0.115 e. The van der Waals surface area contributed by atoms with Gasteiger partial charge in [-0.1, -0.05) is 32.6 Å². The summed E-state index contributed by atoms with van der Waals surface area (Å²) in [5, 5.41) is 2.26. The van der Waals surface area contributed by atoms with Crippen LogP contribution in [0.3, 0.4) is 0 Å². The number of imidazole rings is 1. The molecule has 1 aromatic rings. The lowest BCUT2D eigenvalue weighted by molar-refractivity contribution is 0.400. The first kappa shape index (κ1) is 19.4. The summed E-state index contributed by atoms with van der Waals surface area (Å²) in [6.45, 7) is 13.2. The van der Waals surface area contributed by atoms with E-state index in [1.807, 2.05) is 14.1 Å². The molecule has 4 nitrogen and oxygen atoms in total. The fourth-order valence-electron chi connectivity index (χ4n) is 3.52. The summed E-state index contributed by atoms with van der Waals surface area (Å²) in [5.41, 5.74) is 2.50. The Morgan fingerprint density at radius 1 is 1.40 bits per heavy atom. The molecular formula is C21H34N4. The van der Waals surface area contributed by atoms with Crippen LogP contribution in [-0.2, 0) is 13.5 Å². The van der Waals surface area contributed by atoms with E-state index >= 15 is 0 Å². The Bertz CT molecular complexity index is 752. The maximum absolute atomic E-state index is 4.95. The number of nitrogens with zero attached hydrogens (tertiary/aromatic N) is 4. The Balaban J connectivity index is 2.47. The zero-order valence-electron chi connectivity index (χ0n) is 16.8. The molecule has 138 valence electrons.